The number of piperidine rings is 1. The number of nitrogens with one attached hydrogen (secondary N) is 1. The zero-order valence-electron chi connectivity index (χ0n) is 21.0. The minimum Gasteiger partial charge on any atom is -0.487 e. The van der Waals surface area contributed by atoms with Crippen molar-refractivity contribution in [3.05, 3.63) is 29.0 Å². The molecule has 5 rings (SSSR count). The van der Waals surface area contributed by atoms with Gasteiger partial charge in [0.15, 0.2) is 5.76 Å². The lowest BCUT2D eigenvalue weighted by Crippen LogP contribution is -2.44. The average Bonchev–Trinajstić information content (AvgIpc) is 3.15. The van der Waals surface area contributed by atoms with Crippen molar-refractivity contribution >= 4 is 16.9 Å². The third-order valence-corrected chi connectivity index (χ3v) is 8.55. The van der Waals surface area contributed by atoms with E-state index in [-0.39, 0.29) is 11.5 Å². The van der Waals surface area contributed by atoms with Gasteiger partial charge in [0.05, 0.1) is 6.10 Å². The lowest BCUT2D eigenvalue weighted by atomic mass is 9.77. The van der Waals surface area contributed by atoms with Crippen LogP contribution in [0, 0.1) is 6.92 Å². The molecule has 1 spiro atoms. The van der Waals surface area contributed by atoms with E-state index in [0.717, 1.165) is 60.9 Å². The Morgan fingerprint density at radius 1 is 1.15 bits per heavy atom. The molecular weight excluding hydrogens is 428 g/mol. The quantitative estimate of drug-likeness (QED) is 0.555. The standard InChI is InChI=1S/C28H40N2O4/c1-18-9-7-10-19(2)30(18)16-8-15-29-27(32)26-20(3)24-22(33-26)11-12-23-25(24)21(31)17-28(34-23)13-5-4-6-14-28/h11-12,18-19,21,31H,4-10,13-17H2,1-3H3,(H,29,32)/t18-,19-,21-/m1/s1. The van der Waals surface area contributed by atoms with Crippen LogP contribution >= 0.6 is 0 Å². The average molecular weight is 469 g/mol. The molecule has 186 valence electrons. The van der Waals surface area contributed by atoms with Crippen LogP contribution in [0.2, 0.25) is 0 Å². The number of aliphatic hydroxyl groups excluding tert-OH is 1. The third-order valence-electron chi connectivity index (χ3n) is 8.55. The minimum absolute atomic E-state index is 0.183. The lowest BCUT2D eigenvalue weighted by Gasteiger charge is -2.43. The molecule has 0 bridgehead atoms. The number of amides is 1. The summed E-state index contributed by atoms with van der Waals surface area (Å²) >= 11 is 0. The molecule has 0 radical (unpaired) electrons. The maximum absolute atomic E-state index is 13.0. The van der Waals surface area contributed by atoms with Crippen LogP contribution in [0.5, 0.6) is 5.75 Å². The van der Waals surface area contributed by atoms with Gasteiger partial charge in [-0.1, -0.05) is 12.8 Å². The molecule has 1 saturated carbocycles. The number of nitrogens with zero attached hydrogens (tertiary/aromatic N) is 1. The summed E-state index contributed by atoms with van der Waals surface area (Å²) < 4.78 is 12.5. The Hall–Kier alpha value is -2.05. The second-order valence-electron chi connectivity index (χ2n) is 10.9. The van der Waals surface area contributed by atoms with Gasteiger partial charge in [-0.05, 0) is 77.8 Å². The number of rotatable bonds is 5. The van der Waals surface area contributed by atoms with Crippen LogP contribution < -0.4 is 10.1 Å². The van der Waals surface area contributed by atoms with Crippen molar-refractivity contribution in [1.82, 2.24) is 10.2 Å². The fourth-order valence-corrected chi connectivity index (χ4v) is 6.68. The monoisotopic (exact) mass is 468 g/mol. The summed E-state index contributed by atoms with van der Waals surface area (Å²) in [5, 5.41) is 15.0. The Morgan fingerprint density at radius 2 is 1.88 bits per heavy atom. The first kappa shape index (κ1) is 23.7. The molecule has 2 N–H and O–H groups in total. The smallest absolute Gasteiger partial charge is 0.287 e. The highest BCUT2D eigenvalue weighted by Crippen LogP contribution is 2.49. The number of hydrogen-bond acceptors (Lipinski definition) is 5. The number of carbonyl (C=O) groups excluding carboxylic acids is 1. The van der Waals surface area contributed by atoms with Crippen molar-refractivity contribution in [3.8, 4) is 5.75 Å². The van der Waals surface area contributed by atoms with E-state index in [4.69, 9.17) is 9.15 Å². The number of furan rings is 1. The van der Waals surface area contributed by atoms with Gasteiger partial charge in [-0.3, -0.25) is 9.69 Å². The molecule has 34 heavy (non-hydrogen) atoms. The first-order valence-corrected chi connectivity index (χ1v) is 13.4. The predicted octanol–water partition coefficient (Wildman–Crippen LogP) is 5.64. The van der Waals surface area contributed by atoms with E-state index in [1.54, 1.807) is 0 Å². The molecule has 3 atom stereocenters. The third kappa shape index (κ3) is 4.35. The van der Waals surface area contributed by atoms with E-state index in [2.05, 4.69) is 24.1 Å². The lowest BCUT2D eigenvalue weighted by molar-refractivity contribution is -0.0373. The number of aryl methyl sites for hydroxylation is 1. The van der Waals surface area contributed by atoms with E-state index in [9.17, 15) is 9.90 Å². The van der Waals surface area contributed by atoms with Crippen LogP contribution in [-0.4, -0.2) is 46.7 Å². The molecule has 3 aliphatic rings. The SMILES string of the molecule is Cc1c(C(=O)NCCCN2[C@H](C)CCC[C@H]2C)oc2ccc3c(c12)[C@H](O)CC1(CCCCC1)O3. The van der Waals surface area contributed by atoms with Gasteiger partial charge in [-0.25, -0.2) is 0 Å². The molecule has 6 heteroatoms. The number of carbonyl (C=O) groups is 1. The van der Waals surface area contributed by atoms with Gasteiger partial charge in [0, 0.05) is 48.1 Å². The maximum atomic E-state index is 13.0. The molecule has 1 aliphatic carbocycles. The first-order chi connectivity index (χ1) is 16.4. The van der Waals surface area contributed by atoms with Crippen LogP contribution in [-0.2, 0) is 0 Å². The fraction of sp³-hybridized carbons (Fsp3) is 0.679. The van der Waals surface area contributed by atoms with E-state index in [1.807, 2.05) is 19.1 Å². The Labute approximate surface area is 203 Å². The van der Waals surface area contributed by atoms with Gasteiger partial charge >= 0.3 is 0 Å². The minimum atomic E-state index is -0.605. The Kier molecular flexibility index (Phi) is 6.64. The first-order valence-electron chi connectivity index (χ1n) is 13.4. The molecule has 3 heterocycles. The van der Waals surface area contributed by atoms with Crippen molar-refractivity contribution in [3.63, 3.8) is 0 Å². The van der Waals surface area contributed by atoms with Crippen molar-refractivity contribution in [2.24, 2.45) is 0 Å². The molecule has 1 saturated heterocycles. The largest absolute Gasteiger partial charge is 0.487 e. The summed E-state index contributed by atoms with van der Waals surface area (Å²) in [5.74, 6) is 0.902. The van der Waals surface area contributed by atoms with Crippen LogP contribution in [0.1, 0.15) is 106 Å². The summed E-state index contributed by atoms with van der Waals surface area (Å²) in [6.45, 7) is 8.15. The highest BCUT2D eigenvalue weighted by atomic mass is 16.5. The number of fused-ring (bicyclic) bond motifs is 3. The Morgan fingerprint density at radius 3 is 2.62 bits per heavy atom. The maximum Gasteiger partial charge on any atom is 0.287 e. The van der Waals surface area contributed by atoms with E-state index < -0.39 is 6.10 Å². The Balaban J connectivity index is 1.29. The number of benzene rings is 1. The van der Waals surface area contributed by atoms with Gasteiger partial charge < -0.3 is 19.6 Å². The predicted molar refractivity (Wildman–Crippen MR) is 133 cm³/mol. The number of hydrogen-bond donors (Lipinski definition) is 2. The van der Waals surface area contributed by atoms with Crippen molar-refractivity contribution in [2.45, 2.75) is 109 Å². The van der Waals surface area contributed by atoms with Gasteiger partial charge in [-0.15, -0.1) is 0 Å². The van der Waals surface area contributed by atoms with Crippen LogP contribution in [0.3, 0.4) is 0 Å². The van der Waals surface area contributed by atoms with Gasteiger partial charge in [0.1, 0.15) is 16.9 Å². The van der Waals surface area contributed by atoms with E-state index >= 15 is 0 Å². The summed E-state index contributed by atoms with van der Waals surface area (Å²) in [4.78, 5) is 15.6. The second-order valence-corrected chi connectivity index (χ2v) is 10.9. The number of ether oxygens (including phenoxy) is 1. The molecule has 6 nitrogen and oxygen atoms in total. The van der Waals surface area contributed by atoms with Gasteiger partial charge in [0.25, 0.3) is 5.91 Å². The molecule has 0 unspecified atom stereocenters. The zero-order chi connectivity index (χ0) is 23.9. The Bertz CT molecular complexity index is 1030. The molecule has 2 aromatic rings. The van der Waals surface area contributed by atoms with Crippen molar-refractivity contribution < 1.29 is 19.1 Å². The van der Waals surface area contributed by atoms with E-state index in [1.165, 1.54) is 25.7 Å². The summed E-state index contributed by atoms with van der Waals surface area (Å²) in [6.07, 6.45) is 10.3. The molecule has 1 aromatic heterocycles. The highest BCUT2D eigenvalue weighted by Gasteiger charge is 2.42. The van der Waals surface area contributed by atoms with Gasteiger partial charge in [-0.2, -0.15) is 0 Å². The topological polar surface area (TPSA) is 74.9 Å². The summed E-state index contributed by atoms with van der Waals surface area (Å²) in [7, 11) is 0. The number of aliphatic hydroxyl groups is 1. The summed E-state index contributed by atoms with van der Waals surface area (Å²) in [6, 6.07) is 5.02. The second kappa shape index (κ2) is 9.54. The highest BCUT2D eigenvalue weighted by molar-refractivity contribution is 6.00. The number of likely N-dealkylation sites (tertiary alicyclic amines) is 1. The van der Waals surface area contributed by atoms with Crippen LogP contribution in [0.15, 0.2) is 16.5 Å². The fourth-order valence-electron chi connectivity index (χ4n) is 6.68. The van der Waals surface area contributed by atoms with Crippen LogP contribution in [0.4, 0.5) is 0 Å². The molecular formula is C28H40N2O4. The molecule has 1 aromatic carbocycles. The summed E-state index contributed by atoms with van der Waals surface area (Å²) in [5.41, 5.74) is 1.95. The zero-order valence-corrected chi connectivity index (χ0v) is 21.0. The molecule has 1 amide bonds. The van der Waals surface area contributed by atoms with Crippen molar-refractivity contribution in [1.29, 1.82) is 0 Å². The van der Waals surface area contributed by atoms with Crippen molar-refractivity contribution in [2.75, 3.05) is 13.1 Å². The van der Waals surface area contributed by atoms with E-state index in [0.29, 0.717) is 36.4 Å². The van der Waals surface area contributed by atoms with Crippen LogP contribution in [0.25, 0.3) is 11.0 Å². The van der Waals surface area contributed by atoms with Gasteiger partial charge in [0.2, 0.25) is 0 Å². The normalized spacial score (nSPS) is 26.9. The molecule has 2 aliphatic heterocycles. The molecule has 2 fully saturated rings.